The second kappa shape index (κ2) is 7.12. The molecule has 0 saturated heterocycles. The first-order valence-corrected chi connectivity index (χ1v) is 8.23. The highest BCUT2D eigenvalue weighted by atomic mass is 15.0. The minimum Gasteiger partial charge on any atom is -0.378 e. The standard InChI is InChI=1S/C18H30N2/c1-3-7-16-9-6-12-18(14-19,13-11-16)20-17-10-5-4-8-15(17)2/h4-5,8,10,16,20H,3,6-7,9,11-14,19H2,1-2H3. The van der Waals surface area contributed by atoms with Gasteiger partial charge in [0.05, 0.1) is 0 Å². The molecule has 1 fully saturated rings. The molecule has 1 aliphatic rings. The average Bonchev–Trinajstić information content (AvgIpc) is 2.66. The van der Waals surface area contributed by atoms with Crippen molar-refractivity contribution in [3.63, 3.8) is 0 Å². The Labute approximate surface area is 124 Å². The predicted molar refractivity (Wildman–Crippen MR) is 88.1 cm³/mol. The lowest BCUT2D eigenvalue weighted by atomic mass is 9.88. The molecule has 2 nitrogen and oxygen atoms in total. The van der Waals surface area contributed by atoms with Crippen LogP contribution in [0.2, 0.25) is 0 Å². The van der Waals surface area contributed by atoms with Crippen LogP contribution in [-0.2, 0) is 0 Å². The Morgan fingerprint density at radius 1 is 1.25 bits per heavy atom. The van der Waals surface area contributed by atoms with Crippen LogP contribution in [0.4, 0.5) is 5.69 Å². The molecule has 20 heavy (non-hydrogen) atoms. The molecule has 1 saturated carbocycles. The number of nitrogens with two attached hydrogens (primary N) is 1. The number of para-hydroxylation sites is 1. The van der Waals surface area contributed by atoms with Gasteiger partial charge < -0.3 is 11.1 Å². The van der Waals surface area contributed by atoms with Crippen LogP contribution >= 0.6 is 0 Å². The monoisotopic (exact) mass is 274 g/mol. The lowest BCUT2D eigenvalue weighted by molar-refractivity contribution is 0.390. The Hall–Kier alpha value is -1.02. The molecule has 1 aromatic rings. The molecule has 1 aromatic carbocycles. The van der Waals surface area contributed by atoms with Crippen LogP contribution in [0, 0.1) is 12.8 Å². The number of anilines is 1. The van der Waals surface area contributed by atoms with Gasteiger partial charge >= 0.3 is 0 Å². The molecule has 3 N–H and O–H groups in total. The summed E-state index contributed by atoms with van der Waals surface area (Å²) in [4.78, 5) is 0. The van der Waals surface area contributed by atoms with Crippen molar-refractivity contribution in [2.75, 3.05) is 11.9 Å². The van der Waals surface area contributed by atoms with Crippen LogP contribution < -0.4 is 11.1 Å². The van der Waals surface area contributed by atoms with E-state index >= 15 is 0 Å². The van der Waals surface area contributed by atoms with Crippen LogP contribution in [0.15, 0.2) is 24.3 Å². The highest BCUT2D eigenvalue weighted by molar-refractivity contribution is 5.52. The third-order valence-electron chi connectivity index (χ3n) is 4.93. The first-order chi connectivity index (χ1) is 9.69. The predicted octanol–water partition coefficient (Wildman–Crippen LogP) is 4.48. The number of hydrogen-bond acceptors (Lipinski definition) is 2. The maximum atomic E-state index is 6.16. The van der Waals surface area contributed by atoms with E-state index in [9.17, 15) is 0 Å². The largest absolute Gasteiger partial charge is 0.378 e. The van der Waals surface area contributed by atoms with E-state index < -0.39 is 0 Å². The van der Waals surface area contributed by atoms with Crippen molar-refractivity contribution in [1.82, 2.24) is 0 Å². The third kappa shape index (κ3) is 3.76. The molecule has 2 atom stereocenters. The van der Waals surface area contributed by atoms with Gasteiger partial charge in [-0.3, -0.25) is 0 Å². The van der Waals surface area contributed by atoms with Gasteiger partial charge in [-0.05, 0) is 43.7 Å². The highest BCUT2D eigenvalue weighted by Gasteiger charge is 2.31. The van der Waals surface area contributed by atoms with Gasteiger partial charge in [0.15, 0.2) is 0 Å². The van der Waals surface area contributed by atoms with Gasteiger partial charge in [0.1, 0.15) is 0 Å². The molecule has 0 aromatic heterocycles. The SMILES string of the molecule is CCCC1CCCC(CN)(Nc2ccccc2C)CC1. The number of hydrogen-bond donors (Lipinski definition) is 2. The zero-order valence-corrected chi connectivity index (χ0v) is 13.1. The molecule has 2 rings (SSSR count). The van der Waals surface area contributed by atoms with E-state index in [4.69, 9.17) is 5.73 Å². The quantitative estimate of drug-likeness (QED) is 0.777. The normalized spacial score (nSPS) is 27.1. The van der Waals surface area contributed by atoms with E-state index in [1.807, 2.05) is 0 Å². The Balaban J connectivity index is 2.08. The highest BCUT2D eigenvalue weighted by Crippen LogP contribution is 2.35. The molecule has 0 aliphatic heterocycles. The average molecular weight is 274 g/mol. The van der Waals surface area contributed by atoms with E-state index in [2.05, 4.69) is 43.4 Å². The molecule has 2 unspecified atom stereocenters. The molecule has 0 bridgehead atoms. The van der Waals surface area contributed by atoms with Gasteiger partial charge in [-0.2, -0.15) is 0 Å². The van der Waals surface area contributed by atoms with Crippen molar-refractivity contribution in [2.45, 2.75) is 64.3 Å². The minimum absolute atomic E-state index is 0.106. The summed E-state index contributed by atoms with van der Waals surface area (Å²) < 4.78 is 0. The van der Waals surface area contributed by atoms with Gasteiger partial charge in [0.25, 0.3) is 0 Å². The van der Waals surface area contributed by atoms with Crippen LogP contribution in [0.5, 0.6) is 0 Å². The summed E-state index contributed by atoms with van der Waals surface area (Å²) in [5.74, 6) is 0.909. The van der Waals surface area contributed by atoms with E-state index in [-0.39, 0.29) is 5.54 Å². The first-order valence-electron chi connectivity index (χ1n) is 8.23. The molecular formula is C18H30N2. The molecule has 0 radical (unpaired) electrons. The fourth-order valence-corrected chi connectivity index (χ4v) is 3.55. The van der Waals surface area contributed by atoms with Crippen molar-refractivity contribution in [1.29, 1.82) is 0 Å². The van der Waals surface area contributed by atoms with E-state index in [0.717, 1.165) is 12.5 Å². The molecule has 0 spiro atoms. The molecule has 0 heterocycles. The van der Waals surface area contributed by atoms with Crippen molar-refractivity contribution in [2.24, 2.45) is 11.7 Å². The van der Waals surface area contributed by atoms with Crippen LogP contribution in [0.3, 0.4) is 0 Å². The maximum Gasteiger partial charge on any atom is 0.0495 e. The minimum atomic E-state index is 0.106. The summed E-state index contributed by atoms with van der Waals surface area (Å²) in [5, 5.41) is 3.79. The zero-order valence-electron chi connectivity index (χ0n) is 13.1. The fraction of sp³-hybridized carbons (Fsp3) is 0.667. The smallest absolute Gasteiger partial charge is 0.0495 e. The molecule has 2 heteroatoms. The molecular weight excluding hydrogens is 244 g/mol. The van der Waals surface area contributed by atoms with Gasteiger partial charge in [-0.1, -0.05) is 50.8 Å². The van der Waals surface area contributed by atoms with Crippen molar-refractivity contribution in [3.8, 4) is 0 Å². The van der Waals surface area contributed by atoms with Gasteiger partial charge in [-0.15, -0.1) is 0 Å². The van der Waals surface area contributed by atoms with Crippen LogP contribution in [0.1, 0.15) is 57.4 Å². The van der Waals surface area contributed by atoms with Gasteiger partial charge in [0.2, 0.25) is 0 Å². The van der Waals surface area contributed by atoms with E-state index in [1.165, 1.54) is 56.2 Å². The Morgan fingerprint density at radius 2 is 2.05 bits per heavy atom. The topological polar surface area (TPSA) is 38.0 Å². The molecule has 1 aliphatic carbocycles. The first kappa shape index (κ1) is 15.4. The van der Waals surface area contributed by atoms with E-state index in [1.54, 1.807) is 0 Å². The zero-order chi connectivity index (χ0) is 14.4. The van der Waals surface area contributed by atoms with Crippen molar-refractivity contribution < 1.29 is 0 Å². The number of aryl methyl sites for hydroxylation is 1. The van der Waals surface area contributed by atoms with Gasteiger partial charge in [-0.25, -0.2) is 0 Å². The van der Waals surface area contributed by atoms with Gasteiger partial charge in [0, 0.05) is 17.8 Å². The summed E-state index contributed by atoms with van der Waals surface area (Å²) >= 11 is 0. The second-order valence-electron chi connectivity index (χ2n) is 6.51. The number of nitrogens with one attached hydrogen (secondary N) is 1. The van der Waals surface area contributed by atoms with Crippen LogP contribution in [0.25, 0.3) is 0 Å². The Kier molecular flexibility index (Phi) is 5.47. The van der Waals surface area contributed by atoms with E-state index in [0.29, 0.717) is 0 Å². The lowest BCUT2D eigenvalue weighted by Crippen LogP contribution is -2.45. The Bertz CT molecular complexity index is 416. The summed E-state index contributed by atoms with van der Waals surface area (Å²) in [6, 6.07) is 8.56. The van der Waals surface area contributed by atoms with Crippen LogP contribution in [-0.4, -0.2) is 12.1 Å². The van der Waals surface area contributed by atoms with Crippen molar-refractivity contribution >= 4 is 5.69 Å². The number of benzene rings is 1. The fourth-order valence-electron chi connectivity index (χ4n) is 3.55. The number of rotatable bonds is 5. The molecule has 112 valence electrons. The second-order valence-corrected chi connectivity index (χ2v) is 6.51. The summed E-state index contributed by atoms with van der Waals surface area (Å²) in [6.07, 6.45) is 9.12. The third-order valence-corrected chi connectivity index (χ3v) is 4.93. The molecule has 0 amide bonds. The Morgan fingerprint density at radius 3 is 2.75 bits per heavy atom. The maximum absolute atomic E-state index is 6.16. The summed E-state index contributed by atoms with van der Waals surface area (Å²) in [5.41, 5.74) is 8.84. The van der Waals surface area contributed by atoms with Crippen molar-refractivity contribution in [3.05, 3.63) is 29.8 Å². The lowest BCUT2D eigenvalue weighted by Gasteiger charge is -2.34. The summed E-state index contributed by atoms with van der Waals surface area (Å²) in [7, 11) is 0. The summed E-state index contributed by atoms with van der Waals surface area (Å²) in [6.45, 7) is 5.20.